The number of piperidine rings is 1. The monoisotopic (exact) mass is 269 g/mol. The maximum Gasteiger partial charge on any atom is 0.229 e. The lowest BCUT2D eigenvalue weighted by Crippen LogP contribution is -2.49. The lowest BCUT2D eigenvalue weighted by Gasteiger charge is -2.42. The average molecular weight is 269 g/mol. The van der Waals surface area contributed by atoms with Crippen LogP contribution in [0.4, 0.5) is 0 Å². The van der Waals surface area contributed by atoms with E-state index >= 15 is 0 Å². The Bertz CT molecular complexity index is 316. The van der Waals surface area contributed by atoms with E-state index in [2.05, 4.69) is 0 Å². The number of aliphatic hydroxyl groups is 1. The van der Waals surface area contributed by atoms with Crippen LogP contribution in [0.5, 0.6) is 0 Å². The van der Waals surface area contributed by atoms with Crippen LogP contribution in [0.2, 0.25) is 0 Å². The standard InChI is InChI=1S/C14H23NO4/c16-7-9-19-8-6-15-12(17)10-14(11-13(15)18)4-2-1-3-5-14/h16H,1-11H2. The van der Waals surface area contributed by atoms with E-state index < -0.39 is 0 Å². The van der Waals surface area contributed by atoms with E-state index in [0.717, 1.165) is 25.7 Å². The first-order valence-electron chi connectivity index (χ1n) is 7.19. The molecule has 2 rings (SSSR count). The van der Waals surface area contributed by atoms with E-state index in [1.54, 1.807) is 0 Å². The molecular weight excluding hydrogens is 246 g/mol. The van der Waals surface area contributed by atoms with Gasteiger partial charge in [-0.25, -0.2) is 0 Å². The summed E-state index contributed by atoms with van der Waals surface area (Å²) in [5.74, 6) is -0.100. The molecule has 5 nitrogen and oxygen atoms in total. The average Bonchev–Trinajstić information content (AvgIpc) is 2.38. The molecule has 0 aromatic carbocycles. The van der Waals surface area contributed by atoms with Crippen LogP contribution in [0, 0.1) is 5.41 Å². The lowest BCUT2D eigenvalue weighted by molar-refractivity contribution is -0.155. The summed E-state index contributed by atoms with van der Waals surface area (Å²) in [5.41, 5.74) is -0.0468. The normalized spacial score (nSPS) is 23.1. The van der Waals surface area contributed by atoms with E-state index in [-0.39, 0.29) is 30.4 Å². The predicted molar refractivity (Wildman–Crippen MR) is 69.4 cm³/mol. The third kappa shape index (κ3) is 3.54. The van der Waals surface area contributed by atoms with Gasteiger partial charge in [-0.3, -0.25) is 14.5 Å². The summed E-state index contributed by atoms with van der Waals surface area (Å²) in [5, 5.41) is 8.60. The third-order valence-corrected chi connectivity index (χ3v) is 4.26. The molecule has 2 aliphatic rings. The van der Waals surface area contributed by atoms with E-state index in [0.29, 0.717) is 26.0 Å². The van der Waals surface area contributed by atoms with Crippen LogP contribution in [-0.4, -0.2) is 48.2 Å². The Kier molecular flexibility index (Phi) is 4.93. The largest absolute Gasteiger partial charge is 0.394 e. The summed E-state index contributed by atoms with van der Waals surface area (Å²) >= 11 is 0. The Labute approximate surface area is 113 Å². The van der Waals surface area contributed by atoms with Crippen LogP contribution in [0.15, 0.2) is 0 Å². The van der Waals surface area contributed by atoms with Crippen molar-refractivity contribution in [1.29, 1.82) is 0 Å². The first-order chi connectivity index (χ1) is 9.17. The van der Waals surface area contributed by atoms with Crippen molar-refractivity contribution >= 4 is 11.8 Å². The molecule has 1 aliphatic heterocycles. The summed E-state index contributed by atoms with van der Waals surface area (Å²) in [6.07, 6.45) is 6.55. The van der Waals surface area contributed by atoms with Crippen molar-refractivity contribution in [3.8, 4) is 0 Å². The molecule has 0 aromatic rings. The van der Waals surface area contributed by atoms with Gasteiger partial charge in [0.2, 0.25) is 11.8 Å². The number of rotatable bonds is 5. The molecule has 19 heavy (non-hydrogen) atoms. The minimum absolute atomic E-state index is 0.0367. The van der Waals surface area contributed by atoms with Crippen LogP contribution in [0.25, 0.3) is 0 Å². The number of nitrogens with zero attached hydrogens (tertiary/aromatic N) is 1. The van der Waals surface area contributed by atoms with Crippen molar-refractivity contribution < 1.29 is 19.4 Å². The van der Waals surface area contributed by atoms with Crippen molar-refractivity contribution in [2.45, 2.75) is 44.9 Å². The van der Waals surface area contributed by atoms with Gasteiger partial charge in [-0.05, 0) is 18.3 Å². The first-order valence-corrected chi connectivity index (χ1v) is 7.19. The molecule has 1 saturated heterocycles. The maximum atomic E-state index is 12.1. The van der Waals surface area contributed by atoms with Crippen molar-refractivity contribution in [2.75, 3.05) is 26.4 Å². The predicted octanol–water partition coefficient (Wildman–Crippen LogP) is 1.09. The summed E-state index contributed by atoms with van der Waals surface area (Å²) in [6.45, 7) is 0.837. The molecule has 2 amide bonds. The molecule has 0 bridgehead atoms. The van der Waals surface area contributed by atoms with Crippen molar-refractivity contribution in [2.24, 2.45) is 5.41 Å². The highest BCUT2D eigenvalue weighted by Crippen LogP contribution is 2.45. The molecule has 1 spiro atoms. The summed E-state index contributed by atoms with van der Waals surface area (Å²) in [4.78, 5) is 25.6. The molecule has 1 aliphatic carbocycles. The minimum Gasteiger partial charge on any atom is -0.394 e. The fourth-order valence-electron chi connectivity index (χ4n) is 3.26. The van der Waals surface area contributed by atoms with Gasteiger partial charge in [0.25, 0.3) is 0 Å². The number of hydrogen-bond acceptors (Lipinski definition) is 4. The second kappa shape index (κ2) is 6.48. The fraction of sp³-hybridized carbons (Fsp3) is 0.857. The molecule has 0 unspecified atom stereocenters. The summed E-state index contributed by atoms with van der Waals surface area (Å²) < 4.78 is 5.12. The molecule has 5 heteroatoms. The van der Waals surface area contributed by atoms with Crippen molar-refractivity contribution in [3.05, 3.63) is 0 Å². The minimum atomic E-state index is -0.0502. The molecule has 1 heterocycles. The van der Waals surface area contributed by atoms with Crippen LogP contribution in [0.1, 0.15) is 44.9 Å². The number of hydrogen-bond donors (Lipinski definition) is 1. The van der Waals surface area contributed by atoms with Gasteiger partial charge in [-0.2, -0.15) is 0 Å². The zero-order valence-electron chi connectivity index (χ0n) is 11.4. The van der Waals surface area contributed by atoms with Gasteiger partial charge in [0.05, 0.1) is 26.4 Å². The zero-order valence-corrected chi connectivity index (χ0v) is 11.4. The summed E-state index contributed by atoms with van der Waals surface area (Å²) in [6, 6.07) is 0. The van der Waals surface area contributed by atoms with Gasteiger partial charge in [0, 0.05) is 12.8 Å². The van der Waals surface area contributed by atoms with Crippen LogP contribution in [0.3, 0.4) is 0 Å². The van der Waals surface area contributed by atoms with E-state index in [4.69, 9.17) is 9.84 Å². The van der Waals surface area contributed by atoms with Gasteiger partial charge >= 0.3 is 0 Å². The number of likely N-dealkylation sites (tertiary alicyclic amines) is 1. The Morgan fingerprint density at radius 3 is 2.26 bits per heavy atom. The molecule has 0 atom stereocenters. The molecule has 1 N–H and O–H groups in total. The number of ether oxygens (including phenoxy) is 1. The van der Waals surface area contributed by atoms with Crippen LogP contribution < -0.4 is 0 Å². The van der Waals surface area contributed by atoms with Crippen molar-refractivity contribution in [3.63, 3.8) is 0 Å². The highest BCUT2D eigenvalue weighted by atomic mass is 16.5. The van der Waals surface area contributed by atoms with E-state index in [9.17, 15) is 9.59 Å². The first kappa shape index (κ1) is 14.5. The Morgan fingerprint density at radius 2 is 1.68 bits per heavy atom. The SMILES string of the molecule is O=C1CC2(CCCCC2)CC(=O)N1CCOCCO. The highest BCUT2D eigenvalue weighted by Gasteiger charge is 2.43. The van der Waals surface area contributed by atoms with Gasteiger partial charge in [0.1, 0.15) is 0 Å². The fourth-order valence-corrected chi connectivity index (χ4v) is 3.26. The lowest BCUT2D eigenvalue weighted by atomic mass is 9.67. The van der Waals surface area contributed by atoms with Crippen LogP contribution in [-0.2, 0) is 14.3 Å². The highest BCUT2D eigenvalue weighted by molar-refractivity contribution is 5.98. The number of amides is 2. The van der Waals surface area contributed by atoms with Gasteiger partial charge < -0.3 is 9.84 Å². The molecule has 0 aromatic heterocycles. The number of carbonyl (C=O) groups excluding carboxylic acids is 2. The van der Waals surface area contributed by atoms with Gasteiger partial charge in [-0.1, -0.05) is 19.3 Å². The zero-order chi connectivity index (χ0) is 13.7. The van der Waals surface area contributed by atoms with E-state index in [1.807, 2.05) is 0 Å². The Hall–Kier alpha value is -0.940. The Morgan fingerprint density at radius 1 is 1.05 bits per heavy atom. The molecule has 1 saturated carbocycles. The van der Waals surface area contributed by atoms with E-state index in [1.165, 1.54) is 11.3 Å². The quantitative estimate of drug-likeness (QED) is 0.599. The number of aliphatic hydroxyl groups excluding tert-OH is 1. The summed E-state index contributed by atoms with van der Waals surface area (Å²) in [7, 11) is 0. The number of carbonyl (C=O) groups is 2. The third-order valence-electron chi connectivity index (χ3n) is 4.26. The topological polar surface area (TPSA) is 66.8 Å². The molecule has 2 fully saturated rings. The number of imide groups is 1. The molecule has 0 radical (unpaired) electrons. The van der Waals surface area contributed by atoms with Gasteiger partial charge in [0.15, 0.2) is 0 Å². The second-order valence-electron chi connectivity index (χ2n) is 5.69. The molecular formula is C14H23NO4. The van der Waals surface area contributed by atoms with Crippen LogP contribution >= 0.6 is 0 Å². The van der Waals surface area contributed by atoms with Crippen molar-refractivity contribution in [1.82, 2.24) is 4.90 Å². The maximum absolute atomic E-state index is 12.1. The molecule has 108 valence electrons. The Balaban J connectivity index is 1.87. The van der Waals surface area contributed by atoms with Gasteiger partial charge in [-0.15, -0.1) is 0 Å². The second-order valence-corrected chi connectivity index (χ2v) is 5.69. The smallest absolute Gasteiger partial charge is 0.229 e.